The third-order valence-corrected chi connectivity index (χ3v) is 7.07. The number of allylic oxidation sites excluding steroid dienone is 2. The van der Waals surface area contributed by atoms with Gasteiger partial charge >= 0.3 is 5.97 Å². The number of unbranched alkanes of at least 4 members (excludes halogenated alkanes) is 1. The van der Waals surface area contributed by atoms with Crippen molar-refractivity contribution in [1.29, 1.82) is 0 Å². The number of methoxy groups -OCH3 is 1. The second-order valence-electron chi connectivity index (χ2n) is 8.42. The SMILES string of the molecule is COC(=O)CCCC=CC1C(CC(O)c2cccc(Cl)c2)C2CCC1(C(N)=O)C2. The smallest absolute Gasteiger partial charge is 0.305 e. The summed E-state index contributed by atoms with van der Waals surface area (Å²) in [5, 5.41) is 11.4. The summed E-state index contributed by atoms with van der Waals surface area (Å²) in [7, 11) is 1.39. The van der Waals surface area contributed by atoms with Gasteiger partial charge in [0, 0.05) is 11.4 Å². The molecular formula is C23H30ClNO4. The number of primary amides is 1. The Hall–Kier alpha value is -1.85. The normalized spacial score (nSPS) is 29.3. The number of aliphatic hydroxyl groups excluding tert-OH is 1. The Kier molecular flexibility index (Phi) is 7.01. The van der Waals surface area contributed by atoms with Crippen LogP contribution in [0.2, 0.25) is 5.02 Å². The van der Waals surface area contributed by atoms with Crippen LogP contribution in [0.5, 0.6) is 0 Å². The Morgan fingerprint density at radius 2 is 2.24 bits per heavy atom. The minimum Gasteiger partial charge on any atom is -0.469 e. The number of hydrogen-bond donors (Lipinski definition) is 2. The summed E-state index contributed by atoms with van der Waals surface area (Å²) >= 11 is 6.08. The Morgan fingerprint density at radius 1 is 1.45 bits per heavy atom. The van der Waals surface area contributed by atoms with Crippen molar-refractivity contribution < 1.29 is 19.4 Å². The molecule has 0 spiro atoms. The fraction of sp³-hybridized carbons (Fsp3) is 0.565. The Labute approximate surface area is 177 Å². The van der Waals surface area contributed by atoms with Crippen molar-refractivity contribution in [1.82, 2.24) is 0 Å². The van der Waals surface area contributed by atoms with E-state index in [9.17, 15) is 14.7 Å². The summed E-state index contributed by atoms with van der Waals surface area (Å²) in [5.74, 6) is 0.159. The monoisotopic (exact) mass is 419 g/mol. The van der Waals surface area contributed by atoms with Crippen LogP contribution in [0.3, 0.4) is 0 Å². The average molecular weight is 420 g/mol. The van der Waals surface area contributed by atoms with Crippen LogP contribution in [-0.4, -0.2) is 24.1 Å². The van der Waals surface area contributed by atoms with Crippen LogP contribution in [-0.2, 0) is 14.3 Å². The van der Waals surface area contributed by atoms with E-state index in [1.165, 1.54) is 7.11 Å². The average Bonchev–Trinajstić information content (AvgIpc) is 3.26. The summed E-state index contributed by atoms with van der Waals surface area (Å²) in [6, 6.07) is 7.30. The molecular weight excluding hydrogens is 390 g/mol. The van der Waals surface area contributed by atoms with Gasteiger partial charge in [0.1, 0.15) is 0 Å². The molecule has 1 amide bonds. The molecule has 2 fully saturated rings. The van der Waals surface area contributed by atoms with Crippen molar-refractivity contribution in [2.24, 2.45) is 28.9 Å². The molecule has 2 aliphatic carbocycles. The molecule has 3 rings (SSSR count). The first-order valence-electron chi connectivity index (χ1n) is 10.3. The lowest BCUT2D eigenvalue weighted by atomic mass is 9.68. The highest BCUT2D eigenvalue weighted by Crippen LogP contribution is 2.62. The fourth-order valence-electron chi connectivity index (χ4n) is 5.36. The van der Waals surface area contributed by atoms with Gasteiger partial charge in [0.2, 0.25) is 5.91 Å². The highest BCUT2D eigenvalue weighted by molar-refractivity contribution is 6.30. The number of ether oxygens (including phenoxy) is 1. The number of carbonyl (C=O) groups excluding carboxylic acids is 2. The number of nitrogens with two attached hydrogens (primary N) is 1. The molecule has 0 saturated heterocycles. The first kappa shape index (κ1) is 21.8. The summed E-state index contributed by atoms with van der Waals surface area (Å²) in [6.07, 6.45) is 8.53. The zero-order valence-corrected chi connectivity index (χ0v) is 17.6. The quantitative estimate of drug-likeness (QED) is 0.357. The summed E-state index contributed by atoms with van der Waals surface area (Å²) in [4.78, 5) is 23.7. The zero-order valence-electron chi connectivity index (χ0n) is 16.9. The van der Waals surface area contributed by atoms with E-state index in [4.69, 9.17) is 17.3 Å². The molecule has 5 unspecified atom stereocenters. The van der Waals surface area contributed by atoms with Crippen LogP contribution in [0.1, 0.15) is 56.6 Å². The molecule has 5 atom stereocenters. The van der Waals surface area contributed by atoms with Gasteiger partial charge in [-0.15, -0.1) is 0 Å². The molecule has 158 valence electrons. The second kappa shape index (κ2) is 9.31. The molecule has 29 heavy (non-hydrogen) atoms. The predicted octanol–water partition coefficient (Wildman–Crippen LogP) is 4.18. The van der Waals surface area contributed by atoms with E-state index < -0.39 is 11.5 Å². The van der Waals surface area contributed by atoms with E-state index in [0.29, 0.717) is 30.2 Å². The standard InChI is InChI=1S/C23H30ClNO4/c1-29-21(27)9-4-2-3-8-19-18(16-10-11-23(19,14-16)22(25)28)13-20(26)15-6-5-7-17(24)12-15/h3,5-8,12,16,18-20,26H,2,4,9-11,13-14H2,1H3,(H2,25,28). The van der Waals surface area contributed by atoms with E-state index in [2.05, 4.69) is 16.9 Å². The number of amides is 1. The van der Waals surface area contributed by atoms with Crippen molar-refractivity contribution in [2.45, 2.75) is 51.0 Å². The van der Waals surface area contributed by atoms with Crippen LogP contribution >= 0.6 is 11.6 Å². The lowest BCUT2D eigenvalue weighted by Crippen LogP contribution is -2.41. The molecule has 1 aromatic rings. The van der Waals surface area contributed by atoms with Gasteiger partial charge in [0.05, 0.1) is 18.6 Å². The molecule has 3 N–H and O–H groups in total. The van der Waals surface area contributed by atoms with Gasteiger partial charge in [-0.25, -0.2) is 0 Å². The van der Waals surface area contributed by atoms with Crippen molar-refractivity contribution in [3.8, 4) is 0 Å². The lowest BCUT2D eigenvalue weighted by molar-refractivity contribution is -0.140. The van der Waals surface area contributed by atoms with Crippen LogP contribution in [0, 0.1) is 23.2 Å². The van der Waals surface area contributed by atoms with Crippen molar-refractivity contribution in [3.05, 3.63) is 47.0 Å². The predicted molar refractivity (Wildman–Crippen MR) is 112 cm³/mol. The highest BCUT2D eigenvalue weighted by atomic mass is 35.5. The van der Waals surface area contributed by atoms with Gasteiger partial charge in [-0.05, 0) is 74.0 Å². The molecule has 1 aromatic carbocycles. The number of benzene rings is 1. The maximum Gasteiger partial charge on any atom is 0.305 e. The van der Waals surface area contributed by atoms with E-state index >= 15 is 0 Å². The Bertz CT molecular complexity index is 780. The number of aliphatic hydroxyl groups is 1. The molecule has 0 aromatic heterocycles. The summed E-state index contributed by atoms with van der Waals surface area (Å²) in [6.45, 7) is 0. The number of halogens is 1. The molecule has 0 heterocycles. The van der Waals surface area contributed by atoms with Crippen LogP contribution < -0.4 is 5.73 Å². The van der Waals surface area contributed by atoms with Crippen molar-refractivity contribution in [2.75, 3.05) is 7.11 Å². The molecule has 2 saturated carbocycles. The van der Waals surface area contributed by atoms with Gasteiger partial charge in [-0.2, -0.15) is 0 Å². The van der Waals surface area contributed by atoms with Gasteiger partial charge in [0.25, 0.3) is 0 Å². The van der Waals surface area contributed by atoms with Gasteiger partial charge in [0.15, 0.2) is 0 Å². The third kappa shape index (κ3) is 4.67. The first-order valence-corrected chi connectivity index (χ1v) is 10.7. The Morgan fingerprint density at radius 3 is 2.93 bits per heavy atom. The van der Waals surface area contributed by atoms with E-state index in [0.717, 1.165) is 31.2 Å². The van der Waals surface area contributed by atoms with Gasteiger partial charge < -0.3 is 15.6 Å². The van der Waals surface area contributed by atoms with E-state index in [1.807, 2.05) is 12.1 Å². The minimum atomic E-state index is -0.627. The molecule has 5 nitrogen and oxygen atoms in total. The molecule has 6 heteroatoms. The lowest BCUT2D eigenvalue weighted by Gasteiger charge is -2.36. The molecule has 0 aliphatic heterocycles. The van der Waals surface area contributed by atoms with Crippen molar-refractivity contribution >= 4 is 23.5 Å². The summed E-state index contributed by atoms with van der Waals surface area (Å²) < 4.78 is 4.67. The fourth-order valence-corrected chi connectivity index (χ4v) is 5.56. The summed E-state index contributed by atoms with van der Waals surface area (Å²) in [5.41, 5.74) is 6.15. The van der Waals surface area contributed by atoms with E-state index in [1.54, 1.807) is 12.1 Å². The van der Waals surface area contributed by atoms with Crippen molar-refractivity contribution in [3.63, 3.8) is 0 Å². The maximum absolute atomic E-state index is 12.4. The number of hydrogen-bond acceptors (Lipinski definition) is 4. The minimum absolute atomic E-state index is 0.0192. The topological polar surface area (TPSA) is 89.6 Å². The highest BCUT2D eigenvalue weighted by Gasteiger charge is 2.59. The van der Waals surface area contributed by atoms with Crippen LogP contribution in [0.4, 0.5) is 0 Å². The van der Waals surface area contributed by atoms with Crippen LogP contribution in [0.15, 0.2) is 36.4 Å². The zero-order chi connectivity index (χ0) is 21.0. The first-order chi connectivity index (χ1) is 13.9. The van der Waals surface area contributed by atoms with Crippen LogP contribution in [0.25, 0.3) is 0 Å². The Balaban J connectivity index is 1.72. The second-order valence-corrected chi connectivity index (χ2v) is 8.85. The van der Waals surface area contributed by atoms with Gasteiger partial charge in [-0.3, -0.25) is 9.59 Å². The largest absolute Gasteiger partial charge is 0.469 e. The maximum atomic E-state index is 12.4. The number of fused-ring (bicyclic) bond motifs is 2. The molecule has 2 aliphatic rings. The number of carbonyl (C=O) groups is 2. The molecule has 2 bridgehead atoms. The van der Waals surface area contributed by atoms with E-state index in [-0.39, 0.29) is 23.7 Å². The number of esters is 1. The third-order valence-electron chi connectivity index (χ3n) is 6.83. The number of rotatable bonds is 9. The van der Waals surface area contributed by atoms with Gasteiger partial charge in [-0.1, -0.05) is 35.9 Å². The molecule has 0 radical (unpaired) electrons.